The standard InChI is InChI=1S/C21H25ClN3P/c1-21(2,3)26(22)25(18-13-9-6-10-14-18)19(17-11-7-5-8-12-17)20-23-15-16-24(20)4/h5-16,19H,1-4H3. The highest BCUT2D eigenvalue weighted by Crippen LogP contribution is 2.62. The van der Waals surface area contributed by atoms with Gasteiger partial charge in [-0.15, -0.1) is 0 Å². The van der Waals surface area contributed by atoms with Crippen molar-refractivity contribution >= 4 is 24.4 Å². The number of aryl methyl sites for hydroxylation is 1. The molecule has 3 nitrogen and oxygen atoms in total. The molecular weight excluding hydrogens is 361 g/mol. The lowest BCUT2D eigenvalue weighted by Crippen LogP contribution is -2.31. The summed E-state index contributed by atoms with van der Waals surface area (Å²) in [5.41, 5.74) is 2.29. The Hall–Kier alpha value is -1.83. The molecule has 5 heteroatoms. The summed E-state index contributed by atoms with van der Waals surface area (Å²) in [6.07, 6.45) is 3.84. The van der Waals surface area contributed by atoms with Crippen LogP contribution in [-0.2, 0) is 7.05 Å². The van der Waals surface area contributed by atoms with Crippen molar-refractivity contribution in [2.75, 3.05) is 4.67 Å². The highest BCUT2D eigenvalue weighted by molar-refractivity contribution is 7.86. The molecule has 0 bridgehead atoms. The topological polar surface area (TPSA) is 21.1 Å². The zero-order chi connectivity index (χ0) is 18.7. The molecule has 0 fully saturated rings. The maximum Gasteiger partial charge on any atom is 0.136 e. The summed E-state index contributed by atoms with van der Waals surface area (Å²) in [4.78, 5) is 4.68. The van der Waals surface area contributed by atoms with E-state index in [0.29, 0.717) is 0 Å². The molecule has 0 radical (unpaired) electrons. The summed E-state index contributed by atoms with van der Waals surface area (Å²) in [6.45, 7) is 6.59. The van der Waals surface area contributed by atoms with E-state index in [9.17, 15) is 0 Å². The number of halogens is 1. The average molecular weight is 386 g/mol. The van der Waals surface area contributed by atoms with Gasteiger partial charge in [0.15, 0.2) is 0 Å². The van der Waals surface area contributed by atoms with Gasteiger partial charge in [-0.2, -0.15) is 0 Å². The fraction of sp³-hybridized carbons (Fsp3) is 0.286. The van der Waals surface area contributed by atoms with Crippen LogP contribution in [0.2, 0.25) is 0 Å². The summed E-state index contributed by atoms with van der Waals surface area (Å²) in [5, 5.41) is -0.0507. The third-order valence-electron chi connectivity index (χ3n) is 4.23. The molecule has 136 valence electrons. The van der Waals surface area contributed by atoms with Crippen LogP contribution in [0.15, 0.2) is 73.1 Å². The quantitative estimate of drug-likeness (QED) is 0.476. The zero-order valence-electron chi connectivity index (χ0n) is 15.7. The lowest BCUT2D eigenvalue weighted by molar-refractivity contribution is 0.704. The Kier molecular flexibility index (Phi) is 5.70. The predicted octanol–water partition coefficient (Wildman–Crippen LogP) is 6.37. The second-order valence-electron chi connectivity index (χ2n) is 7.32. The van der Waals surface area contributed by atoms with Gasteiger partial charge < -0.3 is 9.24 Å². The van der Waals surface area contributed by atoms with Crippen molar-refractivity contribution in [3.8, 4) is 0 Å². The van der Waals surface area contributed by atoms with Crippen LogP contribution >= 0.6 is 18.7 Å². The van der Waals surface area contributed by atoms with Crippen molar-refractivity contribution in [3.63, 3.8) is 0 Å². The van der Waals surface area contributed by atoms with Crippen molar-refractivity contribution in [2.24, 2.45) is 7.05 Å². The normalized spacial score (nSPS) is 14.0. The summed E-state index contributed by atoms with van der Waals surface area (Å²) >= 11 is 7.13. The Morgan fingerprint density at radius 1 is 1.00 bits per heavy atom. The molecule has 0 saturated carbocycles. The first-order valence-corrected chi connectivity index (χ1v) is 10.9. The molecule has 2 unspecified atom stereocenters. The van der Waals surface area contributed by atoms with Crippen LogP contribution in [0.1, 0.15) is 38.2 Å². The van der Waals surface area contributed by atoms with Crippen molar-refractivity contribution in [3.05, 3.63) is 84.4 Å². The lowest BCUT2D eigenvalue weighted by Gasteiger charge is -2.42. The molecule has 0 amide bonds. The van der Waals surface area contributed by atoms with E-state index in [-0.39, 0.29) is 11.2 Å². The van der Waals surface area contributed by atoms with Crippen LogP contribution in [0.3, 0.4) is 0 Å². The summed E-state index contributed by atoms with van der Waals surface area (Å²) in [5.74, 6) is 0.984. The van der Waals surface area contributed by atoms with Gasteiger partial charge in [0, 0.05) is 30.3 Å². The summed E-state index contributed by atoms with van der Waals surface area (Å²) in [7, 11) is 1.05. The molecule has 0 spiro atoms. The Labute approximate surface area is 162 Å². The molecule has 26 heavy (non-hydrogen) atoms. The first-order chi connectivity index (χ1) is 12.4. The number of hydrogen-bond donors (Lipinski definition) is 0. The molecule has 2 atom stereocenters. The number of benzene rings is 2. The van der Waals surface area contributed by atoms with Crippen LogP contribution in [0, 0.1) is 0 Å². The average Bonchev–Trinajstić information content (AvgIpc) is 3.05. The molecular formula is C21H25ClN3P. The Balaban J connectivity index is 2.21. The van der Waals surface area contributed by atoms with Gasteiger partial charge in [-0.3, -0.25) is 0 Å². The third-order valence-corrected chi connectivity index (χ3v) is 8.18. The van der Waals surface area contributed by atoms with Crippen molar-refractivity contribution < 1.29 is 0 Å². The molecule has 3 rings (SSSR count). The number of aromatic nitrogens is 2. The fourth-order valence-corrected chi connectivity index (χ4v) is 4.88. The molecule has 0 aliphatic carbocycles. The maximum atomic E-state index is 7.13. The van der Waals surface area contributed by atoms with E-state index in [1.165, 1.54) is 5.56 Å². The van der Waals surface area contributed by atoms with Crippen LogP contribution in [0.5, 0.6) is 0 Å². The molecule has 0 aliphatic heterocycles. The monoisotopic (exact) mass is 385 g/mol. The molecule has 1 aromatic heterocycles. The molecule has 0 N–H and O–H groups in total. The molecule has 0 aliphatic rings. The number of para-hydroxylation sites is 1. The van der Waals surface area contributed by atoms with E-state index in [2.05, 4.69) is 83.5 Å². The Bertz CT molecular complexity index is 827. The first kappa shape index (κ1) is 18.9. The highest BCUT2D eigenvalue weighted by Gasteiger charge is 2.37. The summed E-state index contributed by atoms with van der Waals surface area (Å²) < 4.78 is 4.42. The SMILES string of the molecule is Cn1ccnc1C(c1ccccc1)N(c1ccccc1)P(Cl)C(C)(C)C. The van der Waals surface area contributed by atoms with E-state index in [4.69, 9.17) is 11.2 Å². The number of imidazole rings is 1. The van der Waals surface area contributed by atoms with E-state index >= 15 is 0 Å². The largest absolute Gasteiger partial charge is 0.336 e. The second kappa shape index (κ2) is 7.82. The molecule has 0 saturated heterocycles. The van der Waals surface area contributed by atoms with E-state index < -0.39 is 7.43 Å². The van der Waals surface area contributed by atoms with Crippen LogP contribution < -0.4 is 4.67 Å². The minimum atomic E-state index is -0.989. The van der Waals surface area contributed by atoms with Crippen molar-refractivity contribution in [1.82, 2.24) is 9.55 Å². The number of anilines is 1. The van der Waals surface area contributed by atoms with E-state index in [1.807, 2.05) is 31.6 Å². The lowest BCUT2D eigenvalue weighted by atomic mass is 10.1. The number of hydrogen-bond acceptors (Lipinski definition) is 2. The number of rotatable bonds is 5. The first-order valence-electron chi connectivity index (χ1n) is 8.72. The van der Waals surface area contributed by atoms with Gasteiger partial charge in [-0.25, -0.2) is 4.98 Å². The molecule has 2 aromatic carbocycles. The van der Waals surface area contributed by atoms with E-state index in [1.54, 1.807) is 0 Å². The third kappa shape index (κ3) is 3.95. The highest BCUT2D eigenvalue weighted by atomic mass is 35.7. The van der Waals surface area contributed by atoms with E-state index in [0.717, 1.165) is 11.5 Å². The van der Waals surface area contributed by atoms with Gasteiger partial charge in [0.2, 0.25) is 0 Å². The maximum absolute atomic E-state index is 7.13. The fourth-order valence-electron chi connectivity index (χ4n) is 2.93. The van der Waals surface area contributed by atoms with Gasteiger partial charge >= 0.3 is 0 Å². The Morgan fingerprint density at radius 2 is 1.58 bits per heavy atom. The minimum absolute atomic E-state index is 0.0507. The van der Waals surface area contributed by atoms with Crippen molar-refractivity contribution in [1.29, 1.82) is 0 Å². The Morgan fingerprint density at radius 3 is 2.08 bits per heavy atom. The van der Waals surface area contributed by atoms with Gasteiger partial charge in [0.1, 0.15) is 11.9 Å². The zero-order valence-corrected chi connectivity index (χ0v) is 17.3. The van der Waals surface area contributed by atoms with Crippen LogP contribution in [0.25, 0.3) is 0 Å². The van der Waals surface area contributed by atoms with Gasteiger partial charge in [-0.1, -0.05) is 80.5 Å². The van der Waals surface area contributed by atoms with Gasteiger partial charge in [-0.05, 0) is 17.7 Å². The minimum Gasteiger partial charge on any atom is -0.336 e. The second-order valence-corrected chi connectivity index (χ2v) is 10.6. The van der Waals surface area contributed by atoms with Crippen molar-refractivity contribution in [2.45, 2.75) is 32.0 Å². The molecule has 1 heterocycles. The molecule has 3 aromatic rings. The predicted molar refractivity (Wildman–Crippen MR) is 113 cm³/mol. The smallest absolute Gasteiger partial charge is 0.136 e. The van der Waals surface area contributed by atoms with Crippen LogP contribution in [-0.4, -0.2) is 14.7 Å². The number of nitrogens with zero attached hydrogens (tertiary/aromatic N) is 3. The summed E-state index contributed by atoms with van der Waals surface area (Å²) in [6, 6.07) is 20.8. The van der Waals surface area contributed by atoms with Crippen LogP contribution in [0.4, 0.5) is 5.69 Å². The van der Waals surface area contributed by atoms with Gasteiger partial charge in [0.05, 0.1) is 7.43 Å². The van der Waals surface area contributed by atoms with Gasteiger partial charge in [0.25, 0.3) is 0 Å².